The highest BCUT2D eigenvalue weighted by atomic mass is 16.6. The van der Waals surface area contributed by atoms with E-state index in [0.717, 1.165) is 32.1 Å². The number of benzene rings is 1. The maximum Gasteiger partial charge on any atom is 0.309 e. The van der Waals surface area contributed by atoms with Gasteiger partial charge in [0.15, 0.2) is 0 Å². The molecule has 6 rings (SSSR count). The number of nitrogens with zero attached hydrogens (tertiary/aromatic N) is 5. The molecule has 2 atom stereocenters. The summed E-state index contributed by atoms with van der Waals surface area (Å²) in [4.78, 5) is 24.2. The molecule has 1 aromatic carbocycles. The van der Waals surface area contributed by atoms with Gasteiger partial charge < -0.3 is 5.11 Å². The first-order valence-electron chi connectivity index (χ1n) is 9.18. The number of nitro groups is 1. The lowest BCUT2D eigenvalue weighted by Crippen LogP contribution is -2.59. The SMILES string of the molecule is O=C(O)C12CC3CC(C1)CC(n1nnc(-c4cccc([N+](=O)[O-])c4)n1)(C3)C2. The summed E-state index contributed by atoms with van der Waals surface area (Å²) in [5, 5.41) is 33.8. The van der Waals surface area contributed by atoms with Crippen LogP contribution in [-0.4, -0.2) is 36.2 Å². The molecule has 2 unspecified atom stereocenters. The topological polar surface area (TPSA) is 124 Å². The first-order chi connectivity index (χ1) is 12.9. The van der Waals surface area contributed by atoms with E-state index >= 15 is 0 Å². The number of nitro benzene ring substituents is 1. The van der Waals surface area contributed by atoms with Crippen LogP contribution in [0.5, 0.6) is 0 Å². The van der Waals surface area contributed by atoms with Gasteiger partial charge in [-0.1, -0.05) is 12.1 Å². The Kier molecular flexibility index (Phi) is 3.23. The normalized spacial score (nSPS) is 33.9. The smallest absolute Gasteiger partial charge is 0.309 e. The molecule has 1 heterocycles. The van der Waals surface area contributed by atoms with Gasteiger partial charge in [0.2, 0.25) is 5.82 Å². The number of carboxylic acid groups (broad SMARTS) is 1. The van der Waals surface area contributed by atoms with Gasteiger partial charge in [-0.05, 0) is 55.6 Å². The van der Waals surface area contributed by atoms with Crippen molar-refractivity contribution in [2.75, 3.05) is 0 Å². The third-order valence-corrected chi connectivity index (χ3v) is 6.64. The minimum absolute atomic E-state index is 0.0246. The van der Waals surface area contributed by atoms with Crippen LogP contribution in [0.25, 0.3) is 11.4 Å². The zero-order chi connectivity index (χ0) is 18.8. The van der Waals surface area contributed by atoms with Gasteiger partial charge in [-0.25, -0.2) is 0 Å². The zero-order valence-corrected chi connectivity index (χ0v) is 14.6. The summed E-state index contributed by atoms with van der Waals surface area (Å²) in [5.74, 6) is 0.392. The Hall–Kier alpha value is -2.84. The molecule has 2 aromatic rings. The Balaban J connectivity index is 1.52. The lowest BCUT2D eigenvalue weighted by molar-refractivity contribution is -0.384. The first kappa shape index (κ1) is 16.3. The monoisotopic (exact) mass is 369 g/mol. The van der Waals surface area contributed by atoms with E-state index in [4.69, 9.17) is 0 Å². The van der Waals surface area contributed by atoms with Crippen molar-refractivity contribution in [3.05, 3.63) is 34.4 Å². The summed E-state index contributed by atoms with van der Waals surface area (Å²) < 4.78 is 0. The van der Waals surface area contributed by atoms with Crippen LogP contribution < -0.4 is 0 Å². The molecule has 0 saturated heterocycles. The number of rotatable bonds is 4. The number of hydrogen-bond donors (Lipinski definition) is 1. The minimum atomic E-state index is -0.708. The van der Waals surface area contributed by atoms with Crippen LogP contribution in [-0.2, 0) is 10.3 Å². The molecule has 9 nitrogen and oxygen atoms in total. The van der Waals surface area contributed by atoms with Crippen LogP contribution >= 0.6 is 0 Å². The van der Waals surface area contributed by atoms with Gasteiger partial charge in [0.25, 0.3) is 5.69 Å². The highest BCUT2D eigenvalue weighted by molar-refractivity contribution is 5.75. The summed E-state index contributed by atoms with van der Waals surface area (Å²) in [5.41, 5.74) is -0.575. The number of tetrazole rings is 1. The van der Waals surface area contributed by atoms with Crippen molar-refractivity contribution in [2.24, 2.45) is 17.3 Å². The van der Waals surface area contributed by atoms with Crippen LogP contribution in [0.1, 0.15) is 38.5 Å². The molecular formula is C18H19N5O4. The van der Waals surface area contributed by atoms with Crippen molar-refractivity contribution >= 4 is 11.7 Å². The molecule has 140 valence electrons. The van der Waals surface area contributed by atoms with Crippen molar-refractivity contribution in [1.82, 2.24) is 20.2 Å². The minimum Gasteiger partial charge on any atom is -0.481 e. The average molecular weight is 369 g/mol. The summed E-state index contributed by atoms with van der Waals surface area (Å²) in [6, 6.07) is 6.16. The van der Waals surface area contributed by atoms with Crippen LogP contribution in [0.15, 0.2) is 24.3 Å². The third-order valence-electron chi connectivity index (χ3n) is 6.64. The molecule has 9 heteroatoms. The van der Waals surface area contributed by atoms with E-state index in [1.54, 1.807) is 16.9 Å². The van der Waals surface area contributed by atoms with E-state index in [1.165, 1.54) is 12.1 Å². The molecule has 0 radical (unpaired) electrons. The fraction of sp³-hybridized carbons (Fsp3) is 0.556. The quantitative estimate of drug-likeness (QED) is 0.649. The Morgan fingerprint density at radius 2 is 2.00 bits per heavy atom. The second kappa shape index (κ2) is 5.34. The zero-order valence-electron chi connectivity index (χ0n) is 14.6. The molecule has 0 spiro atoms. The van der Waals surface area contributed by atoms with E-state index in [-0.39, 0.29) is 5.69 Å². The van der Waals surface area contributed by atoms with E-state index in [2.05, 4.69) is 15.4 Å². The van der Waals surface area contributed by atoms with Crippen molar-refractivity contribution in [1.29, 1.82) is 0 Å². The largest absolute Gasteiger partial charge is 0.481 e. The summed E-state index contributed by atoms with van der Waals surface area (Å²) in [7, 11) is 0. The number of aromatic nitrogens is 4. The average Bonchev–Trinajstić information content (AvgIpc) is 3.12. The van der Waals surface area contributed by atoms with Crippen molar-refractivity contribution < 1.29 is 14.8 Å². The first-order valence-corrected chi connectivity index (χ1v) is 9.18. The second-order valence-corrected chi connectivity index (χ2v) is 8.48. The Bertz CT molecular complexity index is 941. The van der Waals surface area contributed by atoms with Gasteiger partial charge in [-0.3, -0.25) is 14.9 Å². The van der Waals surface area contributed by atoms with Gasteiger partial charge in [0.05, 0.1) is 15.9 Å². The Morgan fingerprint density at radius 3 is 2.67 bits per heavy atom. The molecule has 4 fully saturated rings. The van der Waals surface area contributed by atoms with Crippen molar-refractivity contribution in [3.63, 3.8) is 0 Å². The summed E-state index contributed by atoms with van der Waals surface area (Å²) >= 11 is 0. The number of non-ortho nitro benzene ring substituents is 1. The number of aliphatic carboxylic acids is 1. The Morgan fingerprint density at radius 1 is 1.26 bits per heavy atom. The highest BCUT2D eigenvalue weighted by Crippen LogP contribution is 2.64. The molecular weight excluding hydrogens is 350 g/mol. The summed E-state index contributed by atoms with van der Waals surface area (Å²) in [6.45, 7) is 0. The van der Waals surface area contributed by atoms with Gasteiger partial charge in [0.1, 0.15) is 0 Å². The van der Waals surface area contributed by atoms with Crippen LogP contribution in [0, 0.1) is 27.4 Å². The van der Waals surface area contributed by atoms with E-state index < -0.39 is 21.8 Å². The van der Waals surface area contributed by atoms with Gasteiger partial charge in [-0.2, -0.15) is 4.80 Å². The van der Waals surface area contributed by atoms with E-state index in [9.17, 15) is 20.0 Å². The number of carboxylic acids is 1. The predicted octanol–water partition coefficient (Wildman–Crippen LogP) is 2.63. The maximum atomic E-state index is 12.0. The van der Waals surface area contributed by atoms with Crippen molar-refractivity contribution in [3.8, 4) is 11.4 Å². The van der Waals surface area contributed by atoms with Crippen LogP contribution in [0.2, 0.25) is 0 Å². The van der Waals surface area contributed by atoms with E-state index in [1.807, 2.05) is 0 Å². The highest BCUT2D eigenvalue weighted by Gasteiger charge is 2.62. The van der Waals surface area contributed by atoms with Crippen LogP contribution in [0.4, 0.5) is 5.69 Å². The molecule has 4 aliphatic carbocycles. The molecule has 1 N–H and O–H groups in total. The van der Waals surface area contributed by atoms with Crippen molar-refractivity contribution in [2.45, 2.75) is 44.1 Å². The van der Waals surface area contributed by atoms with Gasteiger partial charge in [-0.15, -0.1) is 10.2 Å². The van der Waals surface area contributed by atoms with Gasteiger partial charge in [0, 0.05) is 17.7 Å². The molecule has 0 amide bonds. The molecule has 4 saturated carbocycles. The summed E-state index contributed by atoms with van der Waals surface area (Å²) in [6.07, 6.45) is 4.86. The standard InChI is InChI=1S/C18H19N5O4/c24-16(25)17-6-11-4-12(7-17)9-18(8-11,10-17)23-20-15(19-21-23)13-2-1-3-14(5-13)22(26)27/h1-3,5,11-12H,4,6-10H2,(H,24,25). The third kappa shape index (κ3) is 2.37. The molecule has 4 bridgehead atoms. The maximum absolute atomic E-state index is 12.0. The van der Waals surface area contributed by atoms with Crippen LogP contribution in [0.3, 0.4) is 0 Å². The Labute approximate surface area is 154 Å². The fourth-order valence-electron chi connectivity index (χ4n) is 5.99. The van der Waals surface area contributed by atoms with Gasteiger partial charge >= 0.3 is 5.97 Å². The molecule has 0 aliphatic heterocycles. The predicted molar refractivity (Wildman–Crippen MR) is 92.6 cm³/mol. The number of hydrogen-bond acceptors (Lipinski definition) is 6. The number of carbonyl (C=O) groups is 1. The molecule has 27 heavy (non-hydrogen) atoms. The molecule has 4 aliphatic rings. The van der Waals surface area contributed by atoms with E-state index in [0.29, 0.717) is 29.6 Å². The molecule has 1 aromatic heterocycles. The second-order valence-electron chi connectivity index (χ2n) is 8.48. The lowest BCUT2D eigenvalue weighted by atomic mass is 9.47. The lowest BCUT2D eigenvalue weighted by Gasteiger charge is -2.59. The fourth-order valence-corrected chi connectivity index (χ4v) is 5.99.